The number of nitrogens with one attached hydrogen (secondary N) is 1. The summed E-state index contributed by atoms with van der Waals surface area (Å²) in [5, 5.41) is 3.46. The van der Waals surface area contributed by atoms with Crippen LogP contribution in [-0.4, -0.2) is 13.2 Å². The fraction of sp³-hybridized carbons (Fsp3) is 0.500. The Bertz CT molecular complexity index is 266. The van der Waals surface area contributed by atoms with Crippen LogP contribution >= 0.6 is 0 Å². The number of hydrogen-bond acceptors (Lipinski definition) is 2. The number of benzene rings is 1. The van der Waals surface area contributed by atoms with Gasteiger partial charge >= 0.3 is 0 Å². The molecule has 0 bridgehead atoms. The minimum absolute atomic E-state index is 0.390. The Balaban J connectivity index is 2.66. The van der Waals surface area contributed by atoms with Crippen LogP contribution in [0, 0.1) is 0 Å². The van der Waals surface area contributed by atoms with Gasteiger partial charge in [0.25, 0.3) is 0 Å². The Morgan fingerprint density at radius 1 is 1.07 bits per heavy atom. The van der Waals surface area contributed by atoms with Crippen molar-refractivity contribution in [2.75, 3.05) is 7.11 Å². The molecule has 0 aliphatic heterocycles. The van der Waals surface area contributed by atoms with Crippen molar-refractivity contribution in [3.05, 3.63) is 29.8 Å². The molecule has 0 aliphatic rings. The molecular formula is C12H19NO. The van der Waals surface area contributed by atoms with E-state index in [1.54, 1.807) is 7.11 Å². The first-order chi connectivity index (χ1) is 6.63. The zero-order valence-corrected chi connectivity index (χ0v) is 9.37. The predicted octanol–water partition coefficient (Wildman–Crippen LogP) is 2.75. The molecule has 0 saturated carbocycles. The molecule has 1 aromatic rings. The van der Waals surface area contributed by atoms with E-state index in [1.807, 2.05) is 12.1 Å². The third-order valence-electron chi connectivity index (χ3n) is 2.20. The topological polar surface area (TPSA) is 21.3 Å². The third-order valence-corrected chi connectivity index (χ3v) is 2.20. The highest BCUT2D eigenvalue weighted by molar-refractivity contribution is 5.28. The third kappa shape index (κ3) is 3.04. The molecule has 0 heterocycles. The molecule has 78 valence electrons. The van der Waals surface area contributed by atoms with E-state index in [1.165, 1.54) is 5.56 Å². The highest BCUT2D eigenvalue weighted by Gasteiger charge is 2.05. The second-order valence-corrected chi connectivity index (χ2v) is 3.82. The Kier molecular flexibility index (Phi) is 3.96. The monoisotopic (exact) mass is 193 g/mol. The van der Waals surface area contributed by atoms with Gasteiger partial charge in [0.1, 0.15) is 5.75 Å². The Labute approximate surface area is 86.3 Å². The van der Waals surface area contributed by atoms with Crippen molar-refractivity contribution in [2.45, 2.75) is 32.9 Å². The molecular weight excluding hydrogens is 174 g/mol. The largest absolute Gasteiger partial charge is 0.497 e. The second-order valence-electron chi connectivity index (χ2n) is 3.82. The summed E-state index contributed by atoms with van der Waals surface area (Å²) >= 11 is 0. The lowest BCUT2D eigenvalue weighted by atomic mass is 10.1. The van der Waals surface area contributed by atoms with E-state index < -0.39 is 0 Å². The summed E-state index contributed by atoms with van der Waals surface area (Å²) in [6, 6.07) is 9.08. The van der Waals surface area contributed by atoms with Gasteiger partial charge in [-0.1, -0.05) is 26.0 Å². The van der Waals surface area contributed by atoms with Crippen LogP contribution in [0.15, 0.2) is 24.3 Å². The summed E-state index contributed by atoms with van der Waals surface area (Å²) in [5.74, 6) is 0.908. The van der Waals surface area contributed by atoms with Gasteiger partial charge < -0.3 is 10.1 Å². The maximum Gasteiger partial charge on any atom is 0.118 e. The molecule has 2 heteroatoms. The summed E-state index contributed by atoms with van der Waals surface area (Å²) in [6.45, 7) is 6.47. The molecule has 1 aromatic carbocycles. The van der Waals surface area contributed by atoms with Crippen LogP contribution in [0.5, 0.6) is 5.75 Å². The first-order valence-electron chi connectivity index (χ1n) is 5.03. The second kappa shape index (κ2) is 5.01. The molecule has 0 radical (unpaired) electrons. The lowest BCUT2D eigenvalue weighted by Crippen LogP contribution is -2.25. The normalized spacial score (nSPS) is 12.9. The van der Waals surface area contributed by atoms with E-state index in [2.05, 4.69) is 38.2 Å². The maximum absolute atomic E-state index is 5.11. The number of methoxy groups -OCH3 is 1. The van der Waals surface area contributed by atoms with Gasteiger partial charge in [0.15, 0.2) is 0 Å². The molecule has 0 amide bonds. The average molecular weight is 193 g/mol. The highest BCUT2D eigenvalue weighted by atomic mass is 16.5. The number of ether oxygens (including phenoxy) is 1. The van der Waals surface area contributed by atoms with Crippen LogP contribution in [0.3, 0.4) is 0 Å². The quantitative estimate of drug-likeness (QED) is 0.794. The van der Waals surface area contributed by atoms with Crippen molar-refractivity contribution in [3.8, 4) is 5.75 Å². The van der Waals surface area contributed by atoms with Gasteiger partial charge in [-0.15, -0.1) is 0 Å². The lowest BCUT2D eigenvalue weighted by molar-refractivity contribution is 0.414. The molecule has 0 saturated heterocycles. The summed E-state index contributed by atoms with van der Waals surface area (Å²) < 4.78 is 5.11. The fourth-order valence-electron chi connectivity index (χ4n) is 1.49. The Morgan fingerprint density at radius 3 is 2.07 bits per heavy atom. The van der Waals surface area contributed by atoms with Gasteiger partial charge in [-0.25, -0.2) is 0 Å². The van der Waals surface area contributed by atoms with Crippen LogP contribution in [-0.2, 0) is 0 Å². The molecule has 1 N–H and O–H groups in total. The van der Waals surface area contributed by atoms with Gasteiger partial charge in [0, 0.05) is 12.1 Å². The summed E-state index contributed by atoms with van der Waals surface area (Å²) in [7, 11) is 1.69. The molecule has 14 heavy (non-hydrogen) atoms. The first-order valence-corrected chi connectivity index (χ1v) is 5.03. The molecule has 1 rings (SSSR count). The highest BCUT2D eigenvalue weighted by Crippen LogP contribution is 2.17. The van der Waals surface area contributed by atoms with Crippen molar-refractivity contribution in [2.24, 2.45) is 0 Å². The molecule has 2 nitrogen and oxygen atoms in total. The van der Waals surface area contributed by atoms with Crippen molar-refractivity contribution in [3.63, 3.8) is 0 Å². The van der Waals surface area contributed by atoms with Crippen LogP contribution in [0.2, 0.25) is 0 Å². The van der Waals surface area contributed by atoms with Crippen LogP contribution < -0.4 is 10.1 Å². The van der Waals surface area contributed by atoms with Crippen LogP contribution in [0.1, 0.15) is 32.4 Å². The summed E-state index contributed by atoms with van der Waals surface area (Å²) in [4.78, 5) is 0. The van der Waals surface area contributed by atoms with Crippen molar-refractivity contribution in [1.82, 2.24) is 5.32 Å². The minimum atomic E-state index is 0.390. The van der Waals surface area contributed by atoms with Crippen LogP contribution in [0.25, 0.3) is 0 Å². The first kappa shape index (κ1) is 11.1. The molecule has 1 unspecified atom stereocenters. The van der Waals surface area contributed by atoms with Gasteiger partial charge in [0.2, 0.25) is 0 Å². The van der Waals surface area contributed by atoms with E-state index in [0.717, 1.165) is 5.75 Å². The van der Waals surface area contributed by atoms with E-state index >= 15 is 0 Å². The Hall–Kier alpha value is -1.02. The average Bonchev–Trinajstić information content (AvgIpc) is 2.17. The lowest BCUT2D eigenvalue weighted by Gasteiger charge is -2.17. The van der Waals surface area contributed by atoms with Crippen molar-refractivity contribution in [1.29, 1.82) is 0 Å². The number of rotatable bonds is 4. The standard InChI is InChI=1S/C12H19NO/c1-9(2)13-10(3)11-5-7-12(14-4)8-6-11/h5-10,13H,1-4H3. The predicted molar refractivity (Wildman–Crippen MR) is 59.7 cm³/mol. The van der Waals surface area contributed by atoms with Crippen molar-refractivity contribution >= 4 is 0 Å². The molecule has 0 aliphatic carbocycles. The molecule has 0 spiro atoms. The number of hydrogen-bond donors (Lipinski definition) is 1. The summed E-state index contributed by atoms with van der Waals surface area (Å²) in [6.07, 6.45) is 0. The minimum Gasteiger partial charge on any atom is -0.497 e. The maximum atomic E-state index is 5.11. The van der Waals surface area contributed by atoms with Gasteiger partial charge in [-0.05, 0) is 24.6 Å². The van der Waals surface area contributed by atoms with E-state index in [-0.39, 0.29) is 0 Å². The van der Waals surface area contributed by atoms with E-state index in [9.17, 15) is 0 Å². The molecule has 0 fully saturated rings. The van der Waals surface area contributed by atoms with E-state index in [4.69, 9.17) is 4.74 Å². The zero-order valence-electron chi connectivity index (χ0n) is 9.37. The van der Waals surface area contributed by atoms with Gasteiger partial charge in [-0.2, -0.15) is 0 Å². The fourth-order valence-corrected chi connectivity index (χ4v) is 1.49. The summed E-state index contributed by atoms with van der Waals surface area (Å²) in [5.41, 5.74) is 1.29. The molecule has 0 aromatic heterocycles. The smallest absolute Gasteiger partial charge is 0.118 e. The molecule has 1 atom stereocenters. The zero-order chi connectivity index (χ0) is 10.6. The van der Waals surface area contributed by atoms with E-state index in [0.29, 0.717) is 12.1 Å². The van der Waals surface area contributed by atoms with Crippen molar-refractivity contribution < 1.29 is 4.74 Å². The van der Waals surface area contributed by atoms with Gasteiger partial charge in [0.05, 0.1) is 7.11 Å². The van der Waals surface area contributed by atoms with Gasteiger partial charge in [-0.3, -0.25) is 0 Å². The van der Waals surface area contributed by atoms with Crippen LogP contribution in [0.4, 0.5) is 0 Å². The SMILES string of the molecule is COc1ccc(C(C)NC(C)C)cc1. The Morgan fingerprint density at radius 2 is 1.64 bits per heavy atom.